The summed E-state index contributed by atoms with van der Waals surface area (Å²) in [7, 11) is 2.18. The molecule has 8 heteroatoms. The Kier molecular flexibility index (Phi) is 3.75. The molecular weight excluding hydrogens is 351 g/mol. The number of rotatable bonds is 3. The fraction of sp³-hybridized carbons (Fsp3) is 0.389. The van der Waals surface area contributed by atoms with Crippen LogP contribution in [0.25, 0.3) is 21.7 Å². The Morgan fingerprint density at radius 1 is 1.12 bits per heavy atom. The van der Waals surface area contributed by atoms with Gasteiger partial charge in [0, 0.05) is 43.5 Å². The molecule has 3 aromatic rings. The van der Waals surface area contributed by atoms with Gasteiger partial charge in [-0.1, -0.05) is 17.4 Å². The zero-order valence-electron chi connectivity index (χ0n) is 14.4. The van der Waals surface area contributed by atoms with Crippen LogP contribution < -0.4 is 4.90 Å². The van der Waals surface area contributed by atoms with Gasteiger partial charge in [-0.05, 0) is 36.6 Å². The predicted molar refractivity (Wildman–Crippen MR) is 99.6 cm³/mol. The first-order valence-electron chi connectivity index (χ1n) is 8.73. The van der Waals surface area contributed by atoms with Gasteiger partial charge >= 0.3 is 0 Å². The molecule has 2 aliphatic heterocycles. The number of aromatic amines is 1. The zero-order chi connectivity index (χ0) is 17.7. The lowest BCUT2D eigenvalue weighted by Crippen LogP contribution is -2.26. The number of H-pyrrole nitrogens is 1. The molecule has 2 unspecified atom stereocenters. The number of hydrogen-bond acceptors (Lipinski definition) is 6. The second-order valence-corrected chi connectivity index (χ2v) is 8.17. The molecule has 0 aliphatic carbocycles. The van der Waals surface area contributed by atoms with Gasteiger partial charge in [-0.15, -0.1) is 10.2 Å². The largest absolute Gasteiger partial charge is 0.346 e. The molecule has 0 saturated carbocycles. The summed E-state index contributed by atoms with van der Waals surface area (Å²) in [5.41, 5.74) is 2.16. The standard InChI is InChI=1S/C18H19FN6S/c1-24-7-13-9-25(10-14(13)8-24)18-23-22-17(26-18)15-3-2-11(4-16(15)19)12-5-20-21-6-12/h2-6,13-14H,7-10H2,1H3,(H,20,21). The third-order valence-corrected chi connectivity index (χ3v) is 6.40. The van der Waals surface area contributed by atoms with Crippen molar-refractivity contribution in [3.05, 3.63) is 36.4 Å². The van der Waals surface area contributed by atoms with Gasteiger partial charge < -0.3 is 9.80 Å². The molecule has 2 saturated heterocycles. The van der Waals surface area contributed by atoms with Crippen LogP contribution in [0.1, 0.15) is 0 Å². The number of likely N-dealkylation sites (tertiary alicyclic amines) is 1. The number of benzene rings is 1. The Bertz CT molecular complexity index is 910. The SMILES string of the molecule is CN1CC2CN(c3nnc(-c4ccc(-c5cn[nH]c5)cc4F)s3)CC2C1. The van der Waals surface area contributed by atoms with Gasteiger partial charge in [-0.2, -0.15) is 5.10 Å². The molecule has 0 spiro atoms. The summed E-state index contributed by atoms with van der Waals surface area (Å²) in [4.78, 5) is 4.70. The van der Waals surface area contributed by atoms with Crippen molar-refractivity contribution >= 4 is 16.5 Å². The fourth-order valence-corrected chi connectivity index (χ4v) is 5.00. The van der Waals surface area contributed by atoms with Crippen molar-refractivity contribution in [1.82, 2.24) is 25.3 Å². The van der Waals surface area contributed by atoms with E-state index in [0.717, 1.165) is 42.4 Å². The van der Waals surface area contributed by atoms with E-state index < -0.39 is 0 Å². The number of halogens is 1. The van der Waals surface area contributed by atoms with Gasteiger partial charge in [0.25, 0.3) is 0 Å². The smallest absolute Gasteiger partial charge is 0.208 e. The van der Waals surface area contributed by atoms with Crippen LogP contribution in [0.5, 0.6) is 0 Å². The van der Waals surface area contributed by atoms with Crippen LogP contribution >= 0.6 is 11.3 Å². The first-order chi connectivity index (χ1) is 12.7. The van der Waals surface area contributed by atoms with E-state index in [1.807, 2.05) is 6.07 Å². The monoisotopic (exact) mass is 370 g/mol. The summed E-state index contributed by atoms with van der Waals surface area (Å²) in [5.74, 6) is 1.13. The van der Waals surface area contributed by atoms with Gasteiger partial charge in [0.05, 0.1) is 6.20 Å². The average Bonchev–Trinajstić information content (AvgIpc) is 3.38. The first kappa shape index (κ1) is 15.9. The van der Waals surface area contributed by atoms with Crippen LogP contribution in [0.15, 0.2) is 30.6 Å². The van der Waals surface area contributed by atoms with E-state index in [0.29, 0.717) is 22.4 Å². The molecule has 26 heavy (non-hydrogen) atoms. The maximum Gasteiger partial charge on any atom is 0.208 e. The number of nitrogens with one attached hydrogen (secondary N) is 1. The van der Waals surface area contributed by atoms with Crippen molar-refractivity contribution in [1.29, 1.82) is 0 Å². The highest BCUT2D eigenvalue weighted by Crippen LogP contribution is 2.37. The van der Waals surface area contributed by atoms with Crippen molar-refractivity contribution in [2.24, 2.45) is 11.8 Å². The van der Waals surface area contributed by atoms with Gasteiger partial charge in [0.1, 0.15) is 5.82 Å². The second-order valence-electron chi connectivity index (χ2n) is 7.22. The predicted octanol–water partition coefficient (Wildman–Crippen LogP) is 2.73. The maximum absolute atomic E-state index is 14.6. The van der Waals surface area contributed by atoms with Crippen LogP contribution in [-0.4, -0.2) is 58.5 Å². The molecule has 2 aliphatic rings. The third kappa shape index (κ3) is 2.69. The Balaban J connectivity index is 1.37. The average molecular weight is 370 g/mol. The minimum atomic E-state index is -0.286. The summed E-state index contributed by atoms with van der Waals surface area (Å²) in [6, 6.07) is 5.19. The highest BCUT2D eigenvalue weighted by molar-refractivity contribution is 7.18. The number of hydrogen-bond donors (Lipinski definition) is 1. The lowest BCUT2D eigenvalue weighted by atomic mass is 10.0. The van der Waals surface area contributed by atoms with E-state index in [1.165, 1.54) is 17.4 Å². The molecule has 1 N–H and O–H groups in total. The lowest BCUT2D eigenvalue weighted by molar-refractivity contribution is 0.387. The van der Waals surface area contributed by atoms with Crippen LogP contribution in [0.4, 0.5) is 9.52 Å². The normalized spacial score (nSPS) is 22.9. The van der Waals surface area contributed by atoms with Crippen molar-refractivity contribution in [2.45, 2.75) is 0 Å². The van der Waals surface area contributed by atoms with Crippen molar-refractivity contribution < 1.29 is 4.39 Å². The fourth-order valence-electron chi connectivity index (χ4n) is 4.11. The molecule has 6 nitrogen and oxygen atoms in total. The van der Waals surface area contributed by atoms with E-state index in [1.54, 1.807) is 18.5 Å². The minimum absolute atomic E-state index is 0.286. The van der Waals surface area contributed by atoms with E-state index in [4.69, 9.17) is 0 Å². The molecule has 5 rings (SSSR count). The molecule has 0 bridgehead atoms. The number of nitrogens with zero attached hydrogens (tertiary/aromatic N) is 5. The van der Waals surface area contributed by atoms with E-state index in [9.17, 15) is 4.39 Å². The summed E-state index contributed by atoms with van der Waals surface area (Å²) in [5, 5.41) is 16.8. The molecule has 1 aromatic carbocycles. The zero-order valence-corrected chi connectivity index (χ0v) is 15.2. The summed E-state index contributed by atoms with van der Waals surface area (Å²) in [6.07, 6.45) is 3.43. The first-order valence-corrected chi connectivity index (χ1v) is 9.55. The number of aromatic nitrogens is 4. The molecular formula is C18H19FN6S. The Morgan fingerprint density at radius 3 is 2.62 bits per heavy atom. The van der Waals surface area contributed by atoms with Gasteiger partial charge in [0.2, 0.25) is 5.13 Å². The molecule has 0 radical (unpaired) electrons. The number of anilines is 1. The van der Waals surface area contributed by atoms with Crippen LogP contribution in [0.2, 0.25) is 0 Å². The highest BCUT2D eigenvalue weighted by Gasteiger charge is 2.39. The summed E-state index contributed by atoms with van der Waals surface area (Å²) in [6.45, 7) is 4.34. The Hall–Kier alpha value is -2.32. The van der Waals surface area contributed by atoms with Crippen molar-refractivity contribution in [2.75, 3.05) is 38.1 Å². The number of fused-ring (bicyclic) bond motifs is 1. The van der Waals surface area contributed by atoms with Crippen molar-refractivity contribution in [3.8, 4) is 21.7 Å². The Labute approximate surface area is 154 Å². The molecule has 134 valence electrons. The highest BCUT2D eigenvalue weighted by atomic mass is 32.1. The maximum atomic E-state index is 14.6. The lowest BCUT2D eigenvalue weighted by Gasteiger charge is -2.17. The van der Waals surface area contributed by atoms with Gasteiger partial charge in [0.15, 0.2) is 5.01 Å². The third-order valence-electron chi connectivity index (χ3n) is 5.38. The van der Waals surface area contributed by atoms with Gasteiger partial charge in [-0.3, -0.25) is 5.10 Å². The van der Waals surface area contributed by atoms with E-state index >= 15 is 0 Å². The topological polar surface area (TPSA) is 60.9 Å². The van der Waals surface area contributed by atoms with E-state index in [2.05, 4.69) is 37.2 Å². The van der Waals surface area contributed by atoms with Crippen LogP contribution in [-0.2, 0) is 0 Å². The van der Waals surface area contributed by atoms with Crippen LogP contribution in [0, 0.1) is 17.7 Å². The second kappa shape index (κ2) is 6.14. The van der Waals surface area contributed by atoms with Crippen molar-refractivity contribution in [3.63, 3.8) is 0 Å². The Morgan fingerprint density at radius 2 is 1.92 bits per heavy atom. The summed E-state index contributed by atoms with van der Waals surface area (Å²) >= 11 is 1.47. The quantitative estimate of drug-likeness (QED) is 0.768. The van der Waals surface area contributed by atoms with E-state index in [-0.39, 0.29) is 5.82 Å². The minimum Gasteiger partial charge on any atom is -0.346 e. The molecule has 2 atom stereocenters. The molecule has 0 amide bonds. The van der Waals surface area contributed by atoms with Gasteiger partial charge in [-0.25, -0.2) is 4.39 Å². The van der Waals surface area contributed by atoms with Crippen LogP contribution in [0.3, 0.4) is 0 Å². The molecule has 2 aromatic heterocycles. The molecule has 4 heterocycles. The molecule has 2 fully saturated rings. The summed E-state index contributed by atoms with van der Waals surface area (Å²) < 4.78 is 14.6.